The van der Waals surface area contributed by atoms with Crippen LogP contribution in [0.15, 0.2) is 23.6 Å². The minimum absolute atomic E-state index is 0.0232. The molecule has 1 saturated heterocycles. The van der Waals surface area contributed by atoms with Crippen molar-refractivity contribution in [2.45, 2.75) is 6.54 Å². The Morgan fingerprint density at radius 3 is 2.80 bits per heavy atom. The van der Waals surface area contributed by atoms with Crippen molar-refractivity contribution in [3.05, 3.63) is 34.2 Å². The number of aromatic amines is 1. The van der Waals surface area contributed by atoms with Crippen LogP contribution in [0.25, 0.3) is 0 Å². The molecule has 0 atom stereocenters. The molecule has 1 aliphatic rings. The second-order valence-corrected chi connectivity index (χ2v) is 5.89. The highest BCUT2D eigenvalue weighted by atomic mass is 32.1. The van der Waals surface area contributed by atoms with Crippen LogP contribution in [0.5, 0.6) is 0 Å². The molecule has 0 unspecified atom stereocenters. The number of anilines is 1. The smallest absolute Gasteiger partial charge is 0.272 e. The highest BCUT2D eigenvalue weighted by Gasteiger charge is 2.23. The first kappa shape index (κ1) is 13.1. The third-order valence-corrected chi connectivity index (χ3v) is 4.31. The Kier molecular flexibility index (Phi) is 3.70. The van der Waals surface area contributed by atoms with Crippen LogP contribution < -0.4 is 5.73 Å². The number of aromatic nitrogens is 2. The predicted molar refractivity (Wildman–Crippen MR) is 78.5 cm³/mol. The summed E-state index contributed by atoms with van der Waals surface area (Å²) in [7, 11) is 0. The van der Waals surface area contributed by atoms with Gasteiger partial charge in [-0.3, -0.25) is 14.8 Å². The zero-order valence-corrected chi connectivity index (χ0v) is 11.9. The number of amides is 1. The predicted octanol–water partition coefficient (Wildman–Crippen LogP) is 1.01. The fraction of sp³-hybridized carbons (Fsp3) is 0.385. The zero-order chi connectivity index (χ0) is 13.9. The summed E-state index contributed by atoms with van der Waals surface area (Å²) in [5, 5.41) is 8.56. The normalized spacial score (nSPS) is 16.5. The summed E-state index contributed by atoms with van der Waals surface area (Å²) in [4.78, 5) is 17.8. The first-order valence-electron chi connectivity index (χ1n) is 6.57. The summed E-state index contributed by atoms with van der Waals surface area (Å²) in [5.41, 5.74) is 5.99. The summed E-state index contributed by atoms with van der Waals surface area (Å²) >= 11 is 1.77. The van der Waals surface area contributed by atoms with Gasteiger partial charge in [-0.15, -0.1) is 11.3 Å². The van der Waals surface area contributed by atoms with E-state index in [2.05, 4.69) is 32.6 Å². The Morgan fingerprint density at radius 2 is 2.20 bits per heavy atom. The molecule has 1 amide bonds. The van der Waals surface area contributed by atoms with Crippen LogP contribution in [-0.2, 0) is 6.54 Å². The van der Waals surface area contributed by atoms with E-state index < -0.39 is 0 Å². The second kappa shape index (κ2) is 5.64. The molecular weight excluding hydrogens is 274 g/mol. The molecule has 7 heteroatoms. The Balaban J connectivity index is 1.54. The highest BCUT2D eigenvalue weighted by Crippen LogP contribution is 2.14. The van der Waals surface area contributed by atoms with Crippen LogP contribution in [0, 0.1) is 0 Å². The fourth-order valence-corrected chi connectivity index (χ4v) is 3.10. The number of nitrogens with zero attached hydrogens (tertiary/aromatic N) is 3. The van der Waals surface area contributed by atoms with Crippen LogP contribution in [0.4, 0.5) is 5.82 Å². The van der Waals surface area contributed by atoms with Gasteiger partial charge in [0, 0.05) is 43.7 Å². The van der Waals surface area contributed by atoms with Crippen molar-refractivity contribution in [3.8, 4) is 0 Å². The third kappa shape index (κ3) is 2.83. The van der Waals surface area contributed by atoms with E-state index in [1.54, 1.807) is 17.4 Å². The molecule has 3 rings (SSSR count). The number of nitrogens with one attached hydrogen (secondary N) is 1. The van der Waals surface area contributed by atoms with E-state index in [9.17, 15) is 4.79 Å². The van der Waals surface area contributed by atoms with E-state index >= 15 is 0 Å². The van der Waals surface area contributed by atoms with Gasteiger partial charge in [-0.1, -0.05) is 6.07 Å². The van der Waals surface area contributed by atoms with Gasteiger partial charge in [0.25, 0.3) is 5.91 Å². The van der Waals surface area contributed by atoms with Gasteiger partial charge < -0.3 is 10.6 Å². The molecule has 106 valence electrons. The van der Waals surface area contributed by atoms with Crippen molar-refractivity contribution in [1.82, 2.24) is 20.0 Å². The lowest BCUT2D eigenvalue weighted by Crippen LogP contribution is -2.48. The molecule has 3 N–H and O–H groups in total. The largest absolute Gasteiger partial charge is 0.382 e. The highest BCUT2D eigenvalue weighted by molar-refractivity contribution is 7.09. The quantitative estimate of drug-likeness (QED) is 0.884. The minimum atomic E-state index is -0.0232. The first-order chi connectivity index (χ1) is 9.72. The van der Waals surface area contributed by atoms with Gasteiger partial charge in [0.1, 0.15) is 11.5 Å². The number of thiophene rings is 1. The molecule has 1 fully saturated rings. The first-order valence-corrected chi connectivity index (χ1v) is 7.45. The fourth-order valence-electron chi connectivity index (χ4n) is 2.35. The maximum Gasteiger partial charge on any atom is 0.272 e. The monoisotopic (exact) mass is 291 g/mol. The summed E-state index contributed by atoms with van der Waals surface area (Å²) in [6.07, 6.45) is 0. The zero-order valence-electron chi connectivity index (χ0n) is 11.1. The van der Waals surface area contributed by atoms with Crippen molar-refractivity contribution in [2.24, 2.45) is 0 Å². The summed E-state index contributed by atoms with van der Waals surface area (Å²) in [6, 6.07) is 5.80. The number of H-pyrrole nitrogens is 1. The van der Waals surface area contributed by atoms with Gasteiger partial charge in [0.05, 0.1) is 0 Å². The summed E-state index contributed by atoms with van der Waals surface area (Å²) in [5.74, 6) is 0.328. The SMILES string of the molecule is Nc1cc(C(=O)N2CCN(Cc3cccs3)CC2)[nH]n1. The molecule has 3 heterocycles. The summed E-state index contributed by atoms with van der Waals surface area (Å²) in [6.45, 7) is 4.24. The number of nitrogen functional groups attached to an aromatic ring is 1. The number of rotatable bonds is 3. The van der Waals surface area contributed by atoms with Crippen molar-refractivity contribution in [3.63, 3.8) is 0 Å². The van der Waals surface area contributed by atoms with Crippen molar-refractivity contribution in [1.29, 1.82) is 0 Å². The molecule has 20 heavy (non-hydrogen) atoms. The third-order valence-electron chi connectivity index (χ3n) is 3.45. The Morgan fingerprint density at radius 1 is 1.40 bits per heavy atom. The lowest BCUT2D eigenvalue weighted by molar-refractivity contribution is 0.0624. The van der Waals surface area contributed by atoms with E-state index in [-0.39, 0.29) is 5.91 Å². The Labute approximate surface area is 121 Å². The molecule has 2 aromatic rings. The van der Waals surface area contributed by atoms with Crippen LogP contribution in [0.2, 0.25) is 0 Å². The number of carbonyl (C=O) groups excluding carboxylic acids is 1. The number of nitrogens with two attached hydrogens (primary N) is 1. The molecule has 0 aromatic carbocycles. The Hall–Kier alpha value is -1.86. The lowest BCUT2D eigenvalue weighted by Gasteiger charge is -2.34. The van der Waals surface area contributed by atoms with Gasteiger partial charge in [-0.2, -0.15) is 5.10 Å². The minimum Gasteiger partial charge on any atom is -0.382 e. The van der Waals surface area contributed by atoms with E-state index in [0.29, 0.717) is 11.5 Å². The number of carbonyl (C=O) groups is 1. The topological polar surface area (TPSA) is 78.3 Å². The molecule has 1 aliphatic heterocycles. The molecule has 0 spiro atoms. The molecule has 0 aliphatic carbocycles. The van der Waals surface area contributed by atoms with E-state index in [0.717, 1.165) is 32.7 Å². The van der Waals surface area contributed by atoms with Crippen molar-refractivity contribution in [2.75, 3.05) is 31.9 Å². The average Bonchev–Trinajstić information content (AvgIpc) is 3.10. The molecule has 6 nitrogen and oxygen atoms in total. The van der Waals surface area contributed by atoms with Crippen LogP contribution in [0.1, 0.15) is 15.4 Å². The second-order valence-electron chi connectivity index (χ2n) is 4.85. The van der Waals surface area contributed by atoms with Crippen LogP contribution in [-0.4, -0.2) is 52.1 Å². The van der Waals surface area contributed by atoms with Crippen LogP contribution in [0.3, 0.4) is 0 Å². The van der Waals surface area contributed by atoms with Crippen LogP contribution >= 0.6 is 11.3 Å². The lowest BCUT2D eigenvalue weighted by atomic mass is 10.2. The average molecular weight is 291 g/mol. The van der Waals surface area contributed by atoms with Gasteiger partial charge >= 0.3 is 0 Å². The van der Waals surface area contributed by atoms with E-state index in [1.165, 1.54) is 4.88 Å². The van der Waals surface area contributed by atoms with Crippen molar-refractivity contribution >= 4 is 23.1 Å². The van der Waals surface area contributed by atoms with Gasteiger partial charge in [0.15, 0.2) is 0 Å². The number of hydrogen-bond donors (Lipinski definition) is 2. The number of hydrogen-bond acceptors (Lipinski definition) is 5. The molecule has 0 saturated carbocycles. The molecule has 0 bridgehead atoms. The van der Waals surface area contributed by atoms with E-state index in [1.807, 2.05) is 4.90 Å². The molecular formula is C13H17N5OS. The standard InChI is InChI=1S/C13H17N5OS/c14-12-8-11(15-16-12)13(19)18-5-3-17(4-6-18)9-10-2-1-7-20-10/h1-2,7-8H,3-6,9H2,(H3,14,15,16). The molecule has 2 aromatic heterocycles. The van der Waals surface area contributed by atoms with Crippen molar-refractivity contribution < 1.29 is 4.79 Å². The number of piperazine rings is 1. The van der Waals surface area contributed by atoms with Gasteiger partial charge in [-0.05, 0) is 11.4 Å². The maximum atomic E-state index is 12.2. The van der Waals surface area contributed by atoms with E-state index in [4.69, 9.17) is 5.73 Å². The van der Waals surface area contributed by atoms with Gasteiger partial charge in [-0.25, -0.2) is 0 Å². The summed E-state index contributed by atoms with van der Waals surface area (Å²) < 4.78 is 0. The molecule has 0 radical (unpaired) electrons. The van der Waals surface area contributed by atoms with Gasteiger partial charge in [0.2, 0.25) is 0 Å². The maximum absolute atomic E-state index is 12.2. The Bertz CT molecular complexity index is 571.